The van der Waals surface area contributed by atoms with E-state index in [-0.39, 0.29) is 35.3 Å². The van der Waals surface area contributed by atoms with Gasteiger partial charge in [-0.1, -0.05) is 38.1 Å². The number of amides is 4. The topological polar surface area (TPSA) is 180 Å². The van der Waals surface area contributed by atoms with E-state index >= 15 is 0 Å². The molecule has 308 valence electrons. The monoisotopic (exact) mass is 800 g/mol. The maximum atomic E-state index is 12.9. The number of carbonyl (C=O) groups excluding carboxylic acids is 3. The number of hydrogen-bond donors (Lipinski definition) is 3. The summed E-state index contributed by atoms with van der Waals surface area (Å²) in [7, 11) is 0. The van der Waals surface area contributed by atoms with Gasteiger partial charge in [-0.15, -0.1) is 0 Å². The molecule has 4 amide bonds. The summed E-state index contributed by atoms with van der Waals surface area (Å²) < 4.78 is 7.33. The molecule has 3 aromatic heterocycles. The van der Waals surface area contributed by atoms with E-state index in [2.05, 4.69) is 81.7 Å². The smallest absolute Gasteiger partial charge is 0.328 e. The number of imide groups is 1. The van der Waals surface area contributed by atoms with Crippen LogP contribution in [0.1, 0.15) is 99.3 Å². The van der Waals surface area contributed by atoms with Crippen molar-refractivity contribution in [3.8, 4) is 11.3 Å². The molecule has 0 aliphatic carbocycles. The predicted octanol–water partition coefficient (Wildman–Crippen LogP) is 6.30. The Hall–Kier alpha value is -6.16. The zero-order valence-corrected chi connectivity index (χ0v) is 34.5. The van der Waals surface area contributed by atoms with Crippen LogP contribution in [-0.2, 0) is 16.8 Å². The number of anilines is 4. The number of aryl methyl sites for hydroxylation is 1. The van der Waals surface area contributed by atoms with Gasteiger partial charge in [0.1, 0.15) is 12.1 Å². The zero-order chi connectivity index (χ0) is 41.4. The van der Waals surface area contributed by atoms with Gasteiger partial charge in [-0.2, -0.15) is 10.1 Å². The van der Waals surface area contributed by atoms with Gasteiger partial charge in [0.2, 0.25) is 5.91 Å². The number of nitrogens with one attached hydrogen (secondary N) is 3. The van der Waals surface area contributed by atoms with Crippen LogP contribution in [0, 0.1) is 12.8 Å². The predicted molar refractivity (Wildman–Crippen MR) is 223 cm³/mol. The molecule has 2 atom stereocenters. The lowest BCUT2D eigenvalue weighted by Crippen LogP contribution is -2.49. The molecule has 0 spiro atoms. The van der Waals surface area contributed by atoms with E-state index in [1.807, 2.05) is 65.0 Å². The molecule has 0 saturated carbocycles. The molecule has 16 nitrogen and oxygen atoms in total. The molecule has 2 aromatic carbocycles. The molecule has 0 unspecified atom stereocenters. The van der Waals surface area contributed by atoms with Crippen LogP contribution in [0.15, 0.2) is 65.4 Å². The Morgan fingerprint density at radius 1 is 0.949 bits per heavy atom. The minimum absolute atomic E-state index is 0.0515. The Kier molecular flexibility index (Phi) is 10.9. The summed E-state index contributed by atoms with van der Waals surface area (Å²) in [5.74, 6) is 1.80. The summed E-state index contributed by atoms with van der Waals surface area (Å²) in [6, 6.07) is 17.8. The molecule has 16 heteroatoms. The fourth-order valence-electron chi connectivity index (χ4n) is 8.21. The van der Waals surface area contributed by atoms with Gasteiger partial charge in [0.15, 0.2) is 11.6 Å². The van der Waals surface area contributed by atoms with E-state index in [4.69, 9.17) is 9.62 Å². The highest BCUT2D eigenvalue weighted by Crippen LogP contribution is 2.33. The molecule has 59 heavy (non-hydrogen) atoms. The Morgan fingerprint density at radius 3 is 2.42 bits per heavy atom. The molecule has 8 rings (SSSR count). The molecule has 6 heterocycles. The third-order valence-corrected chi connectivity index (χ3v) is 11.7. The molecule has 5 aromatic rings. The number of rotatable bonds is 10. The van der Waals surface area contributed by atoms with Crippen molar-refractivity contribution in [2.75, 3.05) is 47.8 Å². The Labute approximate surface area is 343 Å². The highest BCUT2D eigenvalue weighted by Gasteiger charge is 2.30. The van der Waals surface area contributed by atoms with E-state index < -0.39 is 5.91 Å². The van der Waals surface area contributed by atoms with Crippen LogP contribution in [0.4, 0.5) is 27.8 Å². The van der Waals surface area contributed by atoms with Gasteiger partial charge in [-0.25, -0.2) is 14.8 Å². The van der Waals surface area contributed by atoms with Crippen LogP contribution in [0.3, 0.4) is 0 Å². The van der Waals surface area contributed by atoms with Crippen LogP contribution in [0.5, 0.6) is 0 Å². The molecule has 2 fully saturated rings. The van der Waals surface area contributed by atoms with Crippen molar-refractivity contribution in [2.45, 2.75) is 84.8 Å². The first-order valence-electron chi connectivity index (χ1n) is 20.4. The summed E-state index contributed by atoms with van der Waals surface area (Å²) in [6.45, 7) is 17.3. The second-order valence-corrected chi connectivity index (χ2v) is 16.9. The van der Waals surface area contributed by atoms with Gasteiger partial charge in [-0.05, 0) is 81.0 Å². The number of hydrogen-bond acceptors (Lipinski definition) is 12. The largest absolute Gasteiger partial charge is 0.372 e. The molecular weight excluding hydrogens is 749 g/mol. The number of carbonyl (C=O) groups is 3. The summed E-state index contributed by atoms with van der Waals surface area (Å²) in [6.07, 6.45) is 4.10. The number of aromatic nitrogens is 6. The average molecular weight is 801 g/mol. The van der Waals surface area contributed by atoms with Crippen LogP contribution in [0.25, 0.3) is 11.3 Å². The Morgan fingerprint density at radius 2 is 1.71 bits per heavy atom. The highest BCUT2D eigenvalue weighted by molar-refractivity contribution is 6.05. The summed E-state index contributed by atoms with van der Waals surface area (Å²) in [5, 5.41) is 17.6. The average Bonchev–Trinajstić information content (AvgIpc) is 3.89. The quantitative estimate of drug-likeness (QED) is 0.144. The highest BCUT2D eigenvalue weighted by atomic mass is 16.5. The normalized spacial score (nSPS) is 18.4. The van der Waals surface area contributed by atoms with Gasteiger partial charge in [0.05, 0.1) is 24.0 Å². The van der Waals surface area contributed by atoms with Crippen molar-refractivity contribution in [3.05, 3.63) is 89.5 Å². The third-order valence-electron chi connectivity index (χ3n) is 11.7. The lowest BCUT2D eigenvalue weighted by molar-refractivity contribution is -0.120. The minimum atomic E-state index is -0.413. The number of piperidine rings is 1. The Bertz CT molecular complexity index is 2340. The number of fused-ring (bicyclic) bond motifs is 1. The van der Waals surface area contributed by atoms with Crippen molar-refractivity contribution in [2.24, 2.45) is 5.92 Å². The summed E-state index contributed by atoms with van der Waals surface area (Å²) in [5.41, 5.74) is 6.50. The zero-order valence-electron chi connectivity index (χ0n) is 34.5. The number of urea groups is 1. The maximum absolute atomic E-state index is 12.9. The minimum Gasteiger partial charge on any atom is -0.372 e. The van der Waals surface area contributed by atoms with E-state index in [1.165, 1.54) is 5.69 Å². The lowest BCUT2D eigenvalue weighted by atomic mass is 9.94. The standard InChI is InChI=1S/C43H52N12O4/c1-26-21-30(7-12-33(26)27(2)46-39(57)40-49-41(51-59-40)43(4,5)6)34-22-36(45-25-44-34)47-37-23-35-28(3)53(19-20-55(35)50-37)24-29-13-16-52(17-14-29)31-8-10-32(11-9-31)54-18-15-38(56)48-42(54)58/h7-12,21-23,25,27-29H,13-20,24H2,1-6H3,(H,46,57)(H,48,56,58)(H,44,45,47,50)/t27-,28-/m1/s1. The van der Waals surface area contributed by atoms with E-state index in [0.29, 0.717) is 30.5 Å². The van der Waals surface area contributed by atoms with Crippen molar-refractivity contribution in [1.82, 2.24) is 45.4 Å². The van der Waals surface area contributed by atoms with E-state index in [0.717, 1.165) is 85.1 Å². The molecule has 2 saturated heterocycles. The van der Waals surface area contributed by atoms with Gasteiger partial charge >= 0.3 is 17.8 Å². The SMILES string of the molecule is Cc1cc(-c2cc(Nc3cc4n(n3)CCN(CC3CCN(c5ccc(N6CCC(=O)NC6=O)cc5)CC3)[C@@H]4C)ncn2)ccc1[C@@H](C)NC(=O)c1nc(C(C)(C)C)no1. The van der Waals surface area contributed by atoms with Crippen molar-refractivity contribution in [3.63, 3.8) is 0 Å². The van der Waals surface area contributed by atoms with E-state index in [9.17, 15) is 14.4 Å². The van der Waals surface area contributed by atoms with Crippen LogP contribution < -0.4 is 25.8 Å². The molecule has 3 aliphatic heterocycles. The third kappa shape index (κ3) is 8.67. The Balaban J connectivity index is 0.843. The molecular formula is C43H52N12O4. The maximum Gasteiger partial charge on any atom is 0.328 e. The van der Waals surface area contributed by atoms with Crippen molar-refractivity contribution >= 4 is 40.9 Å². The van der Waals surface area contributed by atoms with Crippen LogP contribution in [-0.4, -0.2) is 85.4 Å². The molecule has 0 radical (unpaired) electrons. The fourth-order valence-corrected chi connectivity index (χ4v) is 8.21. The lowest BCUT2D eigenvalue weighted by Gasteiger charge is -2.39. The van der Waals surface area contributed by atoms with Gasteiger partial charge in [0.25, 0.3) is 0 Å². The number of nitrogens with zero attached hydrogens (tertiary/aromatic N) is 9. The first-order chi connectivity index (χ1) is 28.3. The first kappa shape index (κ1) is 39.7. The van der Waals surface area contributed by atoms with Crippen LogP contribution >= 0.6 is 0 Å². The summed E-state index contributed by atoms with van der Waals surface area (Å²) >= 11 is 0. The van der Waals surface area contributed by atoms with Gasteiger partial charge in [0, 0.05) is 79.7 Å². The fraction of sp³-hybridized carbons (Fsp3) is 0.442. The second-order valence-electron chi connectivity index (χ2n) is 16.9. The molecule has 0 bridgehead atoms. The molecule has 3 aliphatic rings. The van der Waals surface area contributed by atoms with Crippen LogP contribution in [0.2, 0.25) is 0 Å². The van der Waals surface area contributed by atoms with Crippen molar-refractivity contribution in [1.29, 1.82) is 0 Å². The number of benzene rings is 2. The summed E-state index contributed by atoms with van der Waals surface area (Å²) in [4.78, 5) is 56.6. The van der Waals surface area contributed by atoms with E-state index in [1.54, 1.807) is 11.2 Å². The second kappa shape index (κ2) is 16.2. The molecule has 3 N–H and O–H groups in total. The van der Waals surface area contributed by atoms with Gasteiger partial charge in [-0.3, -0.25) is 29.4 Å². The van der Waals surface area contributed by atoms with Gasteiger partial charge < -0.3 is 20.1 Å². The van der Waals surface area contributed by atoms with Crippen molar-refractivity contribution < 1.29 is 18.9 Å². The first-order valence-corrected chi connectivity index (χ1v) is 20.4.